The maximum Gasteiger partial charge on any atom is 0.317 e. The SMILES string of the molecule is CCC[C@H](N)C(=O)N1CCN2C(=O)NCC2C1. The van der Waals surface area contributed by atoms with Gasteiger partial charge in [0.1, 0.15) is 0 Å². The fourth-order valence-electron chi connectivity index (χ4n) is 2.47. The number of hydrogen-bond donors (Lipinski definition) is 2. The number of carbonyl (C=O) groups is 2. The fourth-order valence-corrected chi connectivity index (χ4v) is 2.47. The number of rotatable bonds is 3. The molecular weight excluding hydrogens is 220 g/mol. The van der Waals surface area contributed by atoms with E-state index >= 15 is 0 Å². The predicted octanol–water partition coefficient (Wildman–Crippen LogP) is -0.650. The first-order valence-corrected chi connectivity index (χ1v) is 6.22. The lowest BCUT2D eigenvalue weighted by Gasteiger charge is -2.37. The number of nitrogens with one attached hydrogen (secondary N) is 1. The molecule has 2 heterocycles. The molecule has 6 heteroatoms. The van der Waals surface area contributed by atoms with E-state index in [1.54, 1.807) is 9.80 Å². The molecule has 0 saturated carbocycles. The molecule has 2 saturated heterocycles. The summed E-state index contributed by atoms with van der Waals surface area (Å²) in [6.07, 6.45) is 1.64. The van der Waals surface area contributed by atoms with Crippen LogP contribution in [0.25, 0.3) is 0 Å². The highest BCUT2D eigenvalue weighted by Gasteiger charge is 2.37. The molecule has 0 radical (unpaired) electrons. The molecule has 0 bridgehead atoms. The Balaban J connectivity index is 1.92. The lowest BCUT2D eigenvalue weighted by atomic mass is 10.1. The van der Waals surface area contributed by atoms with Crippen molar-refractivity contribution in [3.8, 4) is 0 Å². The molecule has 17 heavy (non-hydrogen) atoms. The lowest BCUT2D eigenvalue weighted by Crippen LogP contribution is -2.56. The Labute approximate surface area is 101 Å². The largest absolute Gasteiger partial charge is 0.337 e. The molecule has 96 valence electrons. The first kappa shape index (κ1) is 12.2. The summed E-state index contributed by atoms with van der Waals surface area (Å²) in [5, 5.41) is 2.79. The van der Waals surface area contributed by atoms with Crippen LogP contribution in [0.4, 0.5) is 4.79 Å². The molecule has 0 aromatic carbocycles. The third-order valence-electron chi connectivity index (χ3n) is 3.46. The van der Waals surface area contributed by atoms with Gasteiger partial charge in [-0.15, -0.1) is 0 Å². The van der Waals surface area contributed by atoms with E-state index in [4.69, 9.17) is 5.73 Å². The van der Waals surface area contributed by atoms with Crippen LogP contribution in [-0.4, -0.2) is 60.0 Å². The van der Waals surface area contributed by atoms with Crippen LogP contribution in [0.15, 0.2) is 0 Å². The number of urea groups is 1. The van der Waals surface area contributed by atoms with Crippen LogP contribution in [-0.2, 0) is 4.79 Å². The van der Waals surface area contributed by atoms with Crippen molar-refractivity contribution in [2.45, 2.75) is 31.8 Å². The Bertz CT molecular complexity index is 321. The van der Waals surface area contributed by atoms with Gasteiger partial charge in [-0.2, -0.15) is 0 Å². The standard InChI is InChI=1S/C11H20N4O2/c1-2-3-9(12)10(16)14-4-5-15-8(7-14)6-13-11(15)17/h8-9H,2-7,12H2,1H3,(H,13,17)/t8?,9-/m0/s1. The second-order valence-electron chi connectivity index (χ2n) is 4.71. The Morgan fingerprint density at radius 1 is 1.59 bits per heavy atom. The summed E-state index contributed by atoms with van der Waals surface area (Å²) in [4.78, 5) is 27.0. The van der Waals surface area contributed by atoms with Crippen LogP contribution in [0, 0.1) is 0 Å². The van der Waals surface area contributed by atoms with Gasteiger partial charge in [-0.25, -0.2) is 4.79 Å². The molecule has 2 atom stereocenters. The number of nitrogens with two attached hydrogens (primary N) is 1. The first-order chi connectivity index (χ1) is 8.13. The molecule has 1 unspecified atom stereocenters. The minimum absolute atomic E-state index is 0.0139. The average Bonchev–Trinajstić information content (AvgIpc) is 2.70. The van der Waals surface area contributed by atoms with E-state index < -0.39 is 6.04 Å². The second kappa shape index (κ2) is 4.91. The summed E-state index contributed by atoms with van der Waals surface area (Å²) >= 11 is 0. The van der Waals surface area contributed by atoms with E-state index in [-0.39, 0.29) is 18.0 Å². The fraction of sp³-hybridized carbons (Fsp3) is 0.818. The predicted molar refractivity (Wildman–Crippen MR) is 63.4 cm³/mol. The van der Waals surface area contributed by atoms with E-state index in [0.29, 0.717) is 26.2 Å². The van der Waals surface area contributed by atoms with Crippen molar-refractivity contribution in [1.82, 2.24) is 15.1 Å². The van der Waals surface area contributed by atoms with Gasteiger partial charge in [0.15, 0.2) is 0 Å². The molecule has 3 N–H and O–H groups in total. The number of hydrogen-bond acceptors (Lipinski definition) is 3. The normalized spacial score (nSPS) is 25.5. The zero-order valence-corrected chi connectivity index (χ0v) is 10.2. The minimum atomic E-state index is -0.392. The van der Waals surface area contributed by atoms with E-state index in [9.17, 15) is 9.59 Å². The van der Waals surface area contributed by atoms with Crippen LogP contribution in [0.5, 0.6) is 0 Å². The maximum atomic E-state index is 12.0. The summed E-state index contributed by atoms with van der Waals surface area (Å²) in [5.41, 5.74) is 5.84. The Hall–Kier alpha value is -1.30. The van der Waals surface area contributed by atoms with Crippen molar-refractivity contribution in [2.75, 3.05) is 26.2 Å². The van der Waals surface area contributed by atoms with Crippen molar-refractivity contribution in [1.29, 1.82) is 0 Å². The highest BCUT2D eigenvalue weighted by Crippen LogP contribution is 2.15. The van der Waals surface area contributed by atoms with Crippen LogP contribution in [0.1, 0.15) is 19.8 Å². The molecule has 0 aliphatic carbocycles. The zero-order chi connectivity index (χ0) is 12.4. The maximum absolute atomic E-state index is 12.0. The molecule has 0 aromatic rings. The van der Waals surface area contributed by atoms with E-state index in [0.717, 1.165) is 12.8 Å². The molecule has 0 spiro atoms. The average molecular weight is 240 g/mol. The molecular formula is C11H20N4O2. The first-order valence-electron chi connectivity index (χ1n) is 6.22. The van der Waals surface area contributed by atoms with Gasteiger partial charge < -0.3 is 20.9 Å². The van der Waals surface area contributed by atoms with Crippen molar-refractivity contribution in [2.24, 2.45) is 5.73 Å². The van der Waals surface area contributed by atoms with Gasteiger partial charge in [0.25, 0.3) is 0 Å². The summed E-state index contributed by atoms with van der Waals surface area (Å²) in [6.45, 7) is 4.46. The van der Waals surface area contributed by atoms with E-state index in [1.165, 1.54) is 0 Å². The van der Waals surface area contributed by atoms with Crippen molar-refractivity contribution in [3.63, 3.8) is 0 Å². The summed E-state index contributed by atoms with van der Waals surface area (Å²) in [5.74, 6) is 0.0193. The number of amides is 3. The molecule has 2 aliphatic rings. The molecule has 2 fully saturated rings. The highest BCUT2D eigenvalue weighted by molar-refractivity contribution is 5.82. The quantitative estimate of drug-likeness (QED) is 0.688. The van der Waals surface area contributed by atoms with Gasteiger partial charge in [0.05, 0.1) is 12.1 Å². The van der Waals surface area contributed by atoms with Gasteiger partial charge in [-0.3, -0.25) is 4.79 Å². The van der Waals surface area contributed by atoms with Crippen molar-refractivity contribution >= 4 is 11.9 Å². The van der Waals surface area contributed by atoms with Crippen molar-refractivity contribution < 1.29 is 9.59 Å². The number of fused-ring (bicyclic) bond motifs is 1. The second-order valence-corrected chi connectivity index (χ2v) is 4.71. The molecule has 3 amide bonds. The summed E-state index contributed by atoms with van der Waals surface area (Å²) < 4.78 is 0. The van der Waals surface area contributed by atoms with Crippen LogP contribution < -0.4 is 11.1 Å². The topological polar surface area (TPSA) is 78.7 Å². The third-order valence-corrected chi connectivity index (χ3v) is 3.46. The van der Waals surface area contributed by atoms with Gasteiger partial charge in [-0.05, 0) is 6.42 Å². The van der Waals surface area contributed by atoms with Gasteiger partial charge in [0, 0.05) is 26.2 Å². The van der Waals surface area contributed by atoms with Gasteiger partial charge >= 0.3 is 6.03 Å². The number of carbonyl (C=O) groups excluding carboxylic acids is 2. The Kier molecular flexibility index (Phi) is 3.51. The third kappa shape index (κ3) is 2.36. The van der Waals surface area contributed by atoms with Crippen LogP contribution in [0.3, 0.4) is 0 Å². The highest BCUT2D eigenvalue weighted by atomic mass is 16.2. The van der Waals surface area contributed by atoms with Crippen LogP contribution >= 0.6 is 0 Å². The van der Waals surface area contributed by atoms with Crippen molar-refractivity contribution in [3.05, 3.63) is 0 Å². The Morgan fingerprint density at radius 2 is 2.35 bits per heavy atom. The van der Waals surface area contributed by atoms with Gasteiger partial charge in [-0.1, -0.05) is 13.3 Å². The van der Waals surface area contributed by atoms with Crippen LogP contribution in [0.2, 0.25) is 0 Å². The molecule has 6 nitrogen and oxygen atoms in total. The number of piperazine rings is 1. The monoisotopic (exact) mass is 240 g/mol. The summed E-state index contributed by atoms with van der Waals surface area (Å²) in [6, 6.07) is -0.286. The zero-order valence-electron chi connectivity index (χ0n) is 10.2. The Morgan fingerprint density at radius 3 is 3.06 bits per heavy atom. The number of nitrogens with zero attached hydrogens (tertiary/aromatic N) is 2. The van der Waals surface area contributed by atoms with E-state index in [1.807, 2.05) is 6.92 Å². The molecule has 2 rings (SSSR count). The minimum Gasteiger partial charge on any atom is -0.337 e. The molecule has 0 aromatic heterocycles. The molecule has 2 aliphatic heterocycles. The van der Waals surface area contributed by atoms with Gasteiger partial charge in [0.2, 0.25) is 5.91 Å². The summed E-state index contributed by atoms with van der Waals surface area (Å²) in [7, 11) is 0. The lowest BCUT2D eigenvalue weighted by molar-refractivity contribution is -0.134. The van der Waals surface area contributed by atoms with E-state index in [2.05, 4.69) is 5.32 Å². The smallest absolute Gasteiger partial charge is 0.317 e.